The van der Waals surface area contributed by atoms with Crippen LogP contribution in [-0.2, 0) is 11.3 Å². The molecule has 2 nitrogen and oxygen atoms in total. The molecule has 78 valence electrons. The van der Waals surface area contributed by atoms with E-state index in [4.69, 9.17) is 10.5 Å². The van der Waals surface area contributed by atoms with Gasteiger partial charge >= 0.3 is 0 Å². The van der Waals surface area contributed by atoms with Gasteiger partial charge in [0, 0.05) is 24.3 Å². The molecule has 0 fully saturated rings. The molecule has 0 aliphatic rings. The highest BCUT2D eigenvalue weighted by Crippen LogP contribution is 2.23. The Balaban J connectivity index is 2.65. The molecule has 0 saturated heterocycles. The molecule has 1 rings (SSSR count). The van der Waals surface area contributed by atoms with Crippen molar-refractivity contribution in [3.8, 4) is 0 Å². The predicted molar refractivity (Wildman–Crippen MR) is 61.7 cm³/mol. The van der Waals surface area contributed by atoms with Gasteiger partial charge in [0.2, 0.25) is 0 Å². The number of thioether (sulfide) groups is 1. The lowest BCUT2D eigenvalue weighted by Crippen LogP contribution is -2.00. The average molecular weight is 211 g/mol. The van der Waals surface area contributed by atoms with E-state index < -0.39 is 0 Å². The zero-order chi connectivity index (χ0) is 10.4. The number of ether oxygens (including phenoxy) is 1. The minimum Gasteiger partial charge on any atom is -0.384 e. The van der Waals surface area contributed by atoms with Gasteiger partial charge in [0.25, 0.3) is 0 Å². The Bertz CT molecular complexity index is 289. The third-order valence-corrected chi connectivity index (χ3v) is 3.06. The van der Waals surface area contributed by atoms with E-state index in [1.807, 2.05) is 0 Å². The number of nitrogens with two attached hydrogens (primary N) is 1. The number of rotatable bonds is 5. The first-order valence-corrected chi connectivity index (χ1v) is 5.68. The summed E-state index contributed by atoms with van der Waals surface area (Å²) in [4.78, 5) is 1.27. The van der Waals surface area contributed by atoms with Crippen molar-refractivity contribution in [2.45, 2.75) is 18.4 Å². The fourth-order valence-corrected chi connectivity index (χ4v) is 2.21. The third kappa shape index (κ3) is 3.33. The van der Waals surface area contributed by atoms with E-state index in [-0.39, 0.29) is 0 Å². The summed E-state index contributed by atoms with van der Waals surface area (Å²) in [5.41, 5.74) is 8.17. The van der Waals surface area contributed by atoms with Gasteiger partial charge in [-0.3, -0.25) is 0 Å². The predicted octanol–water partition coefficient (Wildman–Crippen LogP) is 2.19. The van der Waals surface area contributed by atoms with E-state index in [2.05, 4.69) is 25.1 Å². The highest BCUT2D eigenvalue weighted by Gasteiger charge is 2.01. The highest BCUT2D eigenvalue weighted by atomic mass is 32.2. The molecule has 0 saturated carbocycles. The quantitative estimate of drug-likeness (QED) is 0.599. The molecule has 14 heavy (non-hydrogen) atoms. The molecule has 0 radical (unpaired) electrons. The van der Waals surface area contributed by atoms with E-state index in [0.29, 0.717) is 6.54 Å². The first-order valence-electron chi connectivity index (χ1n) is 4.69. The van der Waals surface area contributed by atoms with E-state index in [9.17, 15) is 0 Å². The lowest BCUT2D eigenvalue weighted by atomic mass is 10.1. The van der Waals surface area contributed by atoms with Crippen LogP contribution >= 0.6 is 11.8 Å². The van der Waals surface area contributed by atoms with Crippen LogP contribution in [0.1, 0.15) is 11.1 Å². The lowest BCUT2D eigenvalue weighted by Gasteiger charge is -2.07. The molecule has 0 aliphatic heterocycles. The average Bonchev–Trinajstić information content (AvgIpc) is 2.20. The van der Waals surface area contributed by atoms with Gasteiger partial charge in [0.05, 0.1) is 6.61 Å². The maximum absolute atomic E-state index is 5.68. The van der Waals surface area contributed by atoms with Gasteiger partial charge in [0.15, 0.2) is 0 Å². The summed E-state index contributed by atoms with van der Waals surface area (Å²) < 4.78 is 5.01. The van der Waals surface area contributed by atoms with Crippen molar-refractivity contribution in [2.24, 2.45) is 5.73 Å². The Morgan fingerprint density at radius 1 is 1.43 bits per heavy atom. The largest absolute Gasteiger partial charge is 0.384 e. The normalized spacial score (nSPS) is 10.5. The summed E-state index contributed by atoms with van der Waals surface area (Å²) in [6.07, 6.45) is 0. The first kappa shape index (κ1) is 11.6. The standard InChI is InChI=1S/C11H17NOS/c1-9-3-4-11(10(7-9)8-12)14-6-5-13-2/h3-4,7H,5-6,8,12H2,1-2H3. The molecule has 1 aromatic rings. The molecule has 0 amide bonds. The fraction of sp³-hybridized carbons (Fsp3) is 0.455. The minimum absolute atomic E-state index is 0.608. The monoisotopic (exact) mass is 211 g/mol. The van der Waals surface area contributed by atoms with E-state index in [1.54, 1.807) is 18.9 Å². The van der Waals surface area contributed by atoms with Crippen LogP contribution < -0.4 is 5.73 Å². The zero-order valence-corrected chi connectivity index (χ0v) is 9.56. The second-order valence-corrected chi connectivity index (χ2v) is 4.29. The molecular formula is C11H17NOS. The summed E-state index contributed by atoms with van der Waals surface area (Å²) in [7, 11) is 1.72. The first-order chi connectivity index (χ1) is 6.77. The summed E-state index contributed by atoms with van der Waals surface area (Å²) >= 11 is 1.80. The SMILES string of the molecule is COCCSc1ccc(C)cc1CN. The Morgan fingerprint density at radius 2 is 2.21 bits per heavy atom. The molecular weight excluding hydrogens is 194 g/mol. The smallest absolute Gasteiger partial charge is 0.0556 e. The van der Waals surface area contributed by atoms with Crippen LogP contribution in [0.3, 0.4) is 0 Å². The van der Waals surface area contributed by atoms with E-state index >= 15 is 0 Å². The second-order valence-electron chi connectivity index (χ2n) is 3.16. The Kier molecular flexibility index (Phi) is 5.01. The Labute approximate surface area is 89.8 Å². The topological polar surface area (TPSA) is 35.2 Å². The van der Waals surface area contributed by atoms with Crippen LogP contribution in [0.2, 0.25) is 0 Å². The van der Waals surface area contributed by atoms with Crippen LogP contribution in [0.4, 0.5) is 0 Å². The Hall–Kier alpha value is -0.510. The van der Waals surface area contributed by atoms with Gasteiger partial charge < -0.3 is 10.5 Å². The summed E-state index contributed by atoms with van der Waals surface area (Å²) in [6.45, 7) is 3.47. The van der Waals surface area contributed by atoms with E-state index in [0.717, 1.165) is 12.4 Å². The van der Waals surface area contributed by atoms with Gasteiger partial charge in [-0.2, -0.15) is 0 Å². The molecule has 1 aromatic carbocycles. The van der Waals surface area contributed by atoms with Gasteiger partial charge in [0.1, 0.15) is 0 Å². The number of benzene rings is 1. The molecule has 0 aliphatic carbocycles. The van der Waals surface area contributed by atoms with Gasteiger partial charge in [-0.15, -0.1) is 11.8 Å². The Morgan fingerprint density at radius 3 is 2.86 bits per heavy atom. The van der Waals surface area contributed by atoms with Crippen molar-refractivity contribution >= 4 is 11.8 Å². The lowest BCUT2D eigenvalue weighted by molar-refractivity contribution is 0.218. The number of hydrogen-bond donors (Lipinski definition) is 1. The summed E-state index contributed by atoms with van der Waals surface area (Å²) in [5, 5.41) is 0. The van der Waals surface area contributed by atoms with Crippen molar-refractivity contribution in [2.75, 3.05) is 19.5 Å². The third-order valence-electron chi connectivity index (χ3n) is 1.98. The number of methoxy groups -OCH3 is 1. The molecule has 0 aromatic heterocycles. The van der Waals surface area contributed by atoms with Gasteiger partial charge in [-0.25, -0.2) is 0 Å². The molecule has 0 bridgehead atoms. The number of aryl methyl sites for hydroxylation is 1. The van der Waals surface area contributed by atoms with E-state index in [1.165, 1.54) is 16.0 Å². The van der Waals surface area contributed by atoms with Crippen LogP contribution in [-0.4, -0.2) is 19.5 Å². The minimum atomic E-state index is 0.608. The van der Waals surface area contributed by atoms with Crippen molar-refractivity contribution in [1.82, 2.24) is 0 Å². The second kappa shape index (κ2) is 6.06. The van der Waals surface area contributed by atoms with Crippen LogP contribution in [0.15, 0.2) is 23.1 Å². The molecule has 0 atom stereocenters. The van der Waals surface area contributed by atoms with Gasteiger partial charge in [-0.1, -0.05) is 17.7 Å². The van der Waals surface area contributed by atoms with Crippen LogP contribution in [0, 0.1) is 6.92 Å². The maximum atomic E-state index is 5.68. The number of hydrogen-bond acceptors (Lipinski definition) is 3. The molecule has 0 heterocycles. The zero-order valence-electron chi connectivity index (χ0n) is 8.75. The molecule has 2 N–H and O–H groups in total. The van der Waals surface area contributed by atoms with Crippen molar-refractivity contribution in [1.29, 1.82) is 0 Å². The van der Waals surface area contributed by atoms with Crippen LogP contribution in [0.5, 0.6) is 0 Å². The molecule has 0 unspecified atom stereocenters. The van der Waals surface area contributed by atoms with Crippen molar-refractivity contribution in [3.63, 3.8) is 0 Å². The summed E-state index contributed by atoms with van der Waals surface area (Å²) in [6, 6.07) is 6.40. The van der Waals surface area contributed by atoms with Crippen molar-refractivity contribution in [3.05, 3.63) is 29.3 Å². The van der Waals surface area contributed by atoms with Crippen LogP contribution in [0.25, 0.3) is 0 Å². The van der Waals surface area contributed by atoms with Crippen molar-refractivity contribution < 1.29 is 4.74 Å². The highest BCUT2D eigenvalue weighted by molar-refractivity contribution is 7.99. The fourth-order valence-electron chi connectivity index (χ4n) is 1.24. The molecule has 0 spiro atoms. The maximum Gasteiger partial charge on any atom is 0.0556 e. The molecule has 3 heteroatoms. The summed E-state index contributed by atoms with van der Waals surface area (Å²) in [5.74, 6) is 0.979. The van der Waals surface area contributed by atoms with Gasteiger partial charge in [-0.05, 0) is 18.6 Å².